The Hall–Kier alpha value is -1.49. The molecule has 1 atom stereocenters. The van der Waals surface area contributed by atoms with Gasteiger partial charge in [-0.25, -0.2) is 0 Å². The summed E-state index contributed by atoms with van der Waals surface area (Å²) in [7, 11) is 1.33. The second-order valence-electron chi connectivity index (χ2n) is 3.71. The first-order chi connectivity index (χ1) is 8.63. The first-order valence-corrected chi connectivity index (χ1v) is 6.63. The van der Waals surface area contributed by atoms with Crippen molar-refractivity contribution in [2.24, 2.45) is 0 Å². The summed E-state index contributed by atoms with van der Waals surface area (Å²) < 4.78 is 4.51. The van der Waals surface area contributed by atoms with Crippen molar-refractivity contribution in [2.45, 2.75) is 18.1 Å². The topological polar surface area (TPSA) is 63.6 Å². The Morgan fingerprint density at radius 3 is 2.56 bits per heavy atom. The van der Waals surface area contributed by atoms with E-state index in [0.29, 0.717) is 12.2 Å². The minimum absolute atomic E-state index is 0.236. The summed E-state index contributed by atoms with van der Waals surface area (Å²) in [5.41, 5.74) is 0.982. The Labute approximate surface area is 110 Å². The van der Waals surface area contributed by atoms with Crippen LogP contribution in [0.3, 0.4) is 0 Å². The number of carboxylic acid groups (broad SMARTS) is 1. The van der Waals surface area contributed by atoms with Gasteiger partial charge in [0, 0.05) is 5.75 Å². The van der Waals surface area contributed by atoms with Crippen LogP contribution in [0, 0.1) is 0 Å². The van der Waals surface area contributed by atoms with Gasteiger partial charge < -0.3 is 9.84 Å². The van der Waals surface area contributed by atoms with Crippen molar-refractivity contribution in [3.05, 3.63) is 35.9 Å². The van der Waals surface area contributed by atoms with Gasteiger partial charge in [0.15, 0.2) is 0 Å². The Bertz CT molecular complexity index is 391. The number of hydrogen-bond donors (Lipinski definition) is 1. The van der Waals surface area contributed by atoms with Gasteiger partial charge in [0.25, 0.3) is 0 Å². The van der Waals surface area contributed by atoms with Gasteiger partial charge in [-0.15, -0.1) is 11.8 Å². The molecule has 1 aromatic rings. The molecule has 0 bridgehead atoms. The minimum atomic E-state index is -0.853. The zero-order valence-electron chi connectivity index (χ0n) is 10.2. The lowest BCUT2D eigenvalue weighted by Gasteiger charge is -2.11. The highest BCUT2D eigenvalue weighted by molar-refractivity contribution is 8.00. The van der Waals surface area contributed by atoms with Crippen LogP contribution in [0.4, 0.5) is 0 Å². The average molecular weight is 268 g/mol. The molecule has 98 valence electrons. The fourth-order valence-corrected chi connectivity index (χ4v) is 2.45. The molecule has 4 nitrogen and oxygen atoms in total. The first-order valence-electron chi connectivity index (χ1n) is 5.58. The number of esters is 1. The SMILES string of the molecule is COC(=O)CCSC(Cc1ccccc1)C(=O)O. The van der Waals surface area contributed by atoms with Gasteiger partial charge in [0.2, 0.25) is 0 Å². The van der Waals surface area contributed by atoms with E-state index in [0.717, 1.165) is 5.56 Å². The van der Waals surface area contributed by atoms with E-state index < -0.39 is 11.2 Å². The summed E-state index contributed by atoms with van der Waals surface area (Å²) in [5, 5.41) is 8.59. The van der Waals surface area contributed by atoms with Crippen LogP contribution < -0.4 is 0 Å². The van der Waals surface area contributed by atoms with E-state index >= 15 is 0 Å². The van der Waals surface area contributed by atoms with Crippen LogP contribution in [0.2, 0.25) is 0 Å². The fourth-order valence-electron chi connectivity index (χ4n) is 1.43. The molecule has 1 aromatic carbocycles. The van der Waals surface area contributed by atoms with Crippen LogP contribution in [-0.2, 0) is 20.7 Å². The molecule has 0 radical (unpaired) electrons. The van der Waals surface area contributed by atoms with E-state index in [1.54, 1.807) is 0 Å². The molecule has 0 amide bonds. The van der Waals surface area contributed by atoms with Crippen LogP contribution in [0.15, 0.2) is 30.3 Å². The number of carbonyl (C=O) groups is 2. The van der Waals surface area contributed by atoms with E-state index in [9.17, 15) is 9.59 Å². The molecule has 1 N–H and O–H groups in total. The van der Waals surface area contributed by atoms with Crippen LogP contribution in [0.5, 0.6) is 0 Å². The maximum Gasteiger partial charge on any atom is 0.316 e. The van der Waals surface area contributed by atoms with Gasteiger partial charge in [-0.05, 0) is 12.0 Å². The highest BCUT2D eigenvalue weighted by atomic mass is 32.2. The first kappa shape index (κ1) is 14.6. The molecule has 0 aliphatic carbocycles. The van der Waals surface area contributed by atoms with E-state index in [2.05, 4.69) is 4.74 Å². The van der Waals surface area contributed by atoms with Gasteiger partial charge in [0.05, 0.1) is 13.5 Å². The summed E-state index contributed by atoms with van der Waals surface area (Å²) in [4.78, 5) is 22.1. The van der Waals surface area contributed by atoms with Crippen molar-refractivity contribution in [1.29, 1.82) is 0 Å². The predicted octanol–water partition coefficient (Wildman–Crippen LogP) is 1.98. The van der Waals surface area contributed by atoms with Crippen molar-refractivity contribution >= 4 is 23.7 Å². The molecule has 0 fully saturated rings. The molecule has 0 saturated carbocycles. The molecule has 18 heavy (non-hydrogen) atoms. The monoisotopic (exact) mass is 268 g/mol. The smallest absolute Gasteiger partial charge is 0.316 e. The minimum Gasteiger partial charge on any atom is -0.480 e. The fraction of sp³-hybridized carbons (Fsp3) is 0.385. The van der Waals surface area contributed by atoms with E-state index in [1.807, 2.05) is 30.3 Å². The van der Waals surface area contributed by atoms with Crippen molar-refractivity contribution in [2.75, 3.05) is 12.9 Å². The molecule has 0 aromatic heterocycles. The Morgan fingerprint density at radius 2 is 2.00 bits per heavy atom. The number of benzene rings is 1. The summed E-state index contributed by atoms with van der Waals surface area (Å²) >= 11 is 1.27. The van der Waals surface area contributed by atoms with Crippen LogP contribution in [-0.4, -0.2) is 35.2 Å². The molecule has 0 aliphatic heterocycles. The third-order valence-electron chi connectivity index (χ3n) is 2.39. The third-order valence-corrected chi connectivity index (χ3v) is 3.60. The summed E-state index contributed by atoms with van der Waals surface area (Å²) in [6, 6.07) is 9.46. The van der Waals surface area contributed by atoms with Crippen molar-refractivity contribution in [1.82, 2.24) is 0 Å². The second-order valence-corrected chi connectivity index (χ2v) is 5.02. The second kappa shape index (κ2) is 7.76. The van der Waals surface area contributed by atoms with E-state index in [1.165, 1.54) is 18.9 Å². The molecule has 0 heterocycles. The standard InChI is InChI=1S/C13H16O4S/c1-17-12(14)7-8-18-11(13(15)16)9-10-5-3-2-4-6-10/h2-6,11H,7-9H2,1H3,(H,15,16). The van der Waals surface area contributed by atoms with Crippen molar-refractivity contribution in [3.63, 3.8) is 0 Å². The Kier molecular flexibility index (Phi) is 6.28. The quantitative estimate of drug-likeness (QED) is 0.766. The number of carbonyl (C=O) groups excluding carboxylic acids is 1. The lowest BCUT2D eigenvalue weighted by atomic mass is 10.1. The molecular formula is C13H16O4S. The summed E-state index contributed by atoms with van der Waals surface area (Å²) in [6.45, 7) is 0. The molecule has 0 aliphatic rings. The van der Waals surface area contributed by atoms with Gasteiger partial charge in [-0.1, -0.05) is 30.3 Å². The number of rotatable bonds is 7. The molecular weight excluding hydrogens is 252 g/mol. The number of ether oxygens (including phenoxy) is 1. The maximum atomic E-state index is 11.1. The number of aliphatic carboxylic acids is 1. The highest BCUT2D eigenvalue weighted by Crippen LogP contribution is 2.18. The molecule has 0 spiro atoms. The Balaban J connectivity index is 2.46. The van der Waals surface area contributed by atoms with E-state index in [-0.39, 0.29) is 12.4 Å². The lowest BCUT2D eigenvalue weighted by Crippen LogP contribution is -2.20. The van der Waals surface area contributed by atoms with Crippen molar-refractivity contribution in [3.8, 4) is 0 Å². The van der Waals surface area contributed by atoms with Crippen LogP contribution in [0.25, 0.3) is 0 Å². The molecule has 1 unspecified atom stereocenters. The van der Waals surface area contributed by atoms with Gasteiger partial charge >= 0.3 is 11.9 Å². The van der Waals surface area contributed by atoms with Crippen molar-refractivity contribution < 1.29 is 19.4 Å². The number of methoxy groups -OCH3 is 1. The number of carboxylic acids is 1. The molecule has 5 heteroatoms. The highest BCUT2D eigenvalue weighted by Gasteiger charge is 2.18. The predicted molar refractivity (Wildman–Crippen MR) is 70.7 cm³/mol. The lowest BCUT2D eigenvalue weighted by molar-refractivity contribution is -0.140. The normalized spacial score (nSPS) is 11.8. The van der Waals surface area contributed by atoms with Gasteiger partial charge in [-0.3, -0.25) is 9.59 Å². The van der Waals surface area contributed by atoms with E-state index in [4.69, 9.17) is 5.11 Å². The number of hydrogen-bond acceptors (Lipinski definition) is 4. The largest absolute Gasteiger partial charge is 0.480 e. The zero-order chi connectivity index (χ0) is 13.4. The molecule has 0 saturated heterocycles. The summed E-state index contributed by atoms with van der Waals surface area (Å²) in [5.74, 6) is -0.712. The maximum absolute atomic E-state index is 11.1. The zero-order valence-corrected chi connectivity index (χ0v) is 11.0. The number of thioether (sulfide) groups is 1. The van der Waals surface area contributed by atoms with Crippen LogP contribution in [0.1, 0.15) is 12.0 Å². The third kappa shape index (κ3) is 5.23. The Morgan fingerprint density at radius 1 is 1.33 bits per heavy atom. The average Bonchev–Trinajstić information content (AvgIpc) is 2.38. The van der Waals surface area contributed by atoms with Crippen LogP contribution >= 0.6 is 11.8 Å². The van der Waals surface area contributed by atoms with Gasteiger partial charge in [0.1, 0.15) is 5.25 Å². The van der Waals surface area contributed by atoms with Gasteiger partial charge in [-0.2, -0.15) is 0 Å². The molecule has 1 rings (SSSR count). The summed E-state index contributed by atoms with van der Waals surface area (Å²) in [6.07, 6.45) is 0.696.